The molecule has 0 saturated carbocycles. The topological polar surface area (TPSA) is 88.5 Å². The fourth-order valence-electron chi connectivity index (χ4n) is 2.18. The number of nitrogens with zero attached hydrogens (tertiary/aromatic N) is 3. The van der Waals surface area contributed by atoms with Crippen molar-refractivity contribution in [3.05, 3.63) is 11.4 Å². The molecule has 1 rings (SSSR count). The van der Waals surface area contributed by atoms with E-state index in [1.165, 1.54) is 0 Å². The van der Waals surface area contributed by atoms with Crippen LogP contribution in [-0.4, -0.2) is 66.9 Å². The minimum atomic E-state index is -0.168. The fourth-order valence-corrected chi connectivity index (χ4v) is 2.18. The van der Waals surface area contributed by atoms with Crippen molar-refractivity contribution in [1.29, 1.82) is 0 Å². The molecule has 0 atom stereocenters. The third kappa shape index (κ3) is 6.37. The van der Waals surface area contributed by atoms with Crippen molar-refractivity contribution >= 4 is 17.5 Å². The first-order valence-electron chi connectivity index (χ1n) is 7.59. The van der Waals surface area contributed by atoms with Crippen molar-refractivity contribution < 1.29 is 14.3 Å². The summed E-state index contributed by atoms with van der Waals surface area (Å²) in [5, 5.41) is 9.89. The second kappa shape index (κ2) is 9.26. The Labute approximate surface area is 137 Å². The van der Waals surface area contributed by atoms with Gasteiger partial charge in [-0.15, -0.1) is 0 Å². The molecule has 2 amide bonds. The normalized spacial score (nSPS) is 10.9. The van der Waals surface area contributed by atoms with Crippen LogP contribution in [0.5, 0.6) is 0 Å². The molecule has 0 bridgehead atoms. The average molecular weight is 325 g/mol. The van der Waals surface area contributed by atoms with Gasteiger partial charge in [0, 0.05) is 27.3 Å². The SMILES string of the molecule is COCCCNC(=O)CN(C)CC(=O)Nc1c(C)nn(C)c1C. The summed E-state index contributed by atoms with van der Waals surface area (Å²) in [7, 11) is 5.19. The van der Waals surface area contributed by atoms with Crippen LogP contribution in [0.4, 0.5) is 5.69 Å². The van der Waals surface area contributed by atoms with Crippen LogP contribution in [0.2, 0.25) is 0 Å². The molecule has 1 heterocycles. The Hall–Kier alpha value is -1.93. The molecule has 0 aliphatic heterocycles. The van der Waals surface area contributed by atoms with E-state index in [9.17, 15) is 9.59 Å². The molecule has 0 saturated heterocycles. The number of hydrogen-bond donors (Lipinski definition) is 2. The number of nitrogens with one attached hydrogen (secondary N) is 2. The van der Waals surface area contributed by atoms with Crippen molar-refractivity contribution in [2.24, 2.45) is 7.05 Å². The van der Waals surface area contributed by atoms with Gasteiger partial charge in [-0.3, -0.25) is 19.2 Å². The first kappa shape index (κ1) is 19.1. The van der Waals surface area contributed by atoms with Crippen LogP contribution in [-0.2, 0) is 21.4 Å². The number of carbonyl (C=O) groups excluding carboxylic acids is 2. The van der Waals surface area contributed by atoms with E-state index < -0.39 is 0 Å². The highest BCUT2D eigenvalue weighted by molar-refractivity contribution is 5.93. The number of aromatic nitrogens is 2. The lowest BCUT2D eigenvalue weighted by Crippen LogP contribution is -2.39. The maximum absolute atomic E-state index is 12.1. The molecule has 8 nitrogen and oxygen atoms in total. The number of carbonyl (C=O) groups is 2. The lowest BCUT2D eigenvalue weighted by atomic mass is 10.3. The average Bonchev–Trinajstić information content (AvgIpc) is 2.70. The van der Waals surface area contributed by atoms with Gasteiger partial charge in [-0.25, -0.2) is 0 Å². The molecule has 1 aromatic heterocycles. The Balaban J connectivity index is 2.37. The van der Waals surface area contributed by atoms with Crippen LogP contribution in [0.1, 0.15) is 17.8 Å². The Morgan fingerprint density at radius 2 is 1.91 bits per heavy atom. The summed E-state index contributed by atoms with van der Waals surface area (Å²) in [6.07, 6.45) is 0.770. The number of methoxy groups -OCH3 is 1. The number of aryl methyl sites for hydroxylation is 2. The van der Waals surface area contributed by atoms with E-state index in [0.717, 1.165) is 23.5 Å². The third-order valence-electron chi connectivity index (χ3n) is 3.45. The first-order chi connectivity index (χ1) is 10.8. The van der Waals surface area contributed by atoms with Crippen LogP contribution in [0.15, 0.2) is 0 Å². The van der Waals surface area contributed by atoms with Crippen LogP contribution >= 0.6 is 0 Å². The van der Waals surface area contributed by atoms with E-state index in [0.29, 0.717) is 13.2 Å². The van der Waals surface area contributed by atoms with Crippen LogP contribution < -0.4 is 10.6 Å². The molecular weight excluding hydrogens is 298 g/mol. The molecule has 0 aliphatic rings. The van der Waals surface area contributed by atoms with Crippen LogP contribution in [0.25, 0.3) is 0 Å². The lowest BCUT2D eigenvalue weighted by molar-refractivity contribution is -0.123. The minimum Gasteiger partial charge on any atom is -0.385 e. The maximum Gasteiger partial charge on any atom is 0.238 e. The Morgan fingerprint density at radius 3 is 2.48 bits per heavy atom. The molecule has 0 fully saturated rings. The van der Waals surface area contributed by atoms with Gasteiger partial charge in [0.05, 0.1) is 30.2 Å². The number of likely N-dealkylation sites (N-methyl/N-ethyl adjacent to an activating group) is 1. The van der Waals surface area contributed by atoms with Gasteiger partial charge < -0.3 is 15.4 Å². The second-order valence-corrected chi connectivity index (χ2v) is 5.59. The maximum atomic E-state index is 12.1. The molecule has 130 valence electrons. The zero-order valence-electron chi connectivity index (χ0n) is 14.6. The number of hydrogen-bond acceptors (Lipinski definition) is 5. The zero-order chi connectivity index (χ0) is 17.4. The van der Waals surface area contributed by atoms with Gasteiger partial charge in [-0.1, -0.05) is 0 Å². The third-order valence-corrected chi connectivity index (χ3v) is 3.45. The number of rotatable bonds is 9. The van der Waals surface area contributed by atoms with Gasteiger partial charge in [-0.2, -0.15) is 5.10 Å². The molecule has 0 unspecified atom stereocenters. The summed E-state index contributed by atoms with van der Waals surface area (Å²) < 4.78 is 6.64. The predicted octanol–water partition coefficient (Wildman–Crippen LogP) is 0.0599. The number of anilines is 1. The Morgan fingerprint density at radius 1 is 1.26 bits per heavy atom. The number of amides is 2. The van der Waals surface area contributed by atoms with E-state index in [1.807, 2.05) is 20.9 Å². The quantitative estimate of drug-likeness (QED) is 0.627. The van der Waals surface area contributed by atoms with Crippen LogP contribution in [0.3, 0.4) is 0 Å². The lowest BCUT2D eigenvalue weighted by Gasteiger charge is -2.16. The molecule has 0 aromatic carbocycles. The molecule has 8 heteroatoms. The van der Waals surface area contributed by atoms with E-state index in [1.54, 1.807) is 23.7 Å². The minimum absolute atomic E-state index is 0.106. The van der Waals surface area contributed by atoms with Crippen molar-refractivity contribution in [2.45, 2.75) is 20.3 Å². The van der Waals surface area contributed by atoms with Gasteiger partial charge in [0.15, 0.2) is 0 Å². The van der Waals surface area contributed by atoms with Crippen molar-refractivity contribution in [1.82, 2.24) is 20.0 Å². The van der Waals surface area contributed by atoms with Crippen molar-refractivity contribution in [3.8, 4) is 0 Å². The summed E-state index contributed by atoms with van der Waals surface area (Å²) in [6.45, 7) is 5.24. The first-order valence-corrected chi connectivity index (χ1v) is 7.59. The zero-order valence-corrected chi connectivity index (χ0v) is 14.6. The molecular formula is C15H27N5O3. The van der Waals surface area contributed by atoms with E-state index >= 15 is 0 Å². The van der Waals surface area contributed by atoms with E-state index in [-0.39, 0.29) is 24.9 Å². The molecule has 0 spiro atoms. The van der Waals surface area contributed by atoms with Gasteiger partial charge >= 0.3 is 0 Å². The van der Waals surface area contributed by atoms with Crippen molar-refractivity contribution in [2.75, 3.05) is 45.7 Å². The summed E-state index contributed by atoms with van der Waals surface area (Å²) in [5.74, 6) is -0.274. The molecule has 0 radical (unpaired) electrons. The highest BCUT2D eigenvalue weighted by Crippen LogP contribution is 2.17. The largest absolute Gasteiger partial charge is 0.385 e. The molecule has 1 aromatic rings. The fraction of sp³-hybridized carbons (Fsp3) is 0.667. The van der Waals surface area contributed by atoms with Gasteiger partial charge in [0.1, 0.15) is 0 Å². The molecule has 0 aliphatic carbocycles. The Kier molecular flexibility index (Phi) is 7.70. The summed E-state index contributed by atoms with van der Waals surface area (Å²) in [4.78, 5) is 25.5. The second-order valence-electron chi connectivity index (χ2n) is 5.59. The highest BCUT2D eigenvalue weighted by atomic mass is 16.5. The van der Waals surface area contributed by atoms with Gasteiger partial charge in [0.25, 0.3) is 0 Å². The summed E-state index contributed by atoms with van der Waals surface area (Å²) in [6, 6.07) is 0. The predicted molar refractivity (Wildman–Crippen MR) is 88.3 cm³/mol. The smallest absolute Gasteiger partial charge is 0.238 e. The van der Waals surface area contributed by atoms with Gasteiger partial charge in [0.2, 0.25) is 11.8 Å². The highest BCUT2D eigenvalue weighted by Gasteiger charge is 2.15. The Bertz CT molecular complexity index is 541. The standard InChI is InChI=1S/C15H27N5O3/c1-11-15(12(2)20(4)18-11)17-14(22)10-19(3)9-13(21)16-7-6-8-23-5/h6-10H2,1-5H3,(H,16,21)(H,17,22). The van der Waals surface area contributed by atoms with Crippen LogP contribution in [0, 0.1) is 13.8 Å². The van der Waals surface area contributed by atoms with Gasteiger partial charge in [-0.05, 0) is 27.3 Å². The molecule has 2 N–H and O–H groups in total. The van der Waals surface area contributed by atoms with E-state index in [4.69, 9.17) is 4.74 Å². The van der Waals surface area contributed by atoms with Crippen molar-refractivity contribution in [3.63, 3.8) is 0 Å². The molecule has 23 heavy (non-hydrogen) atoms. The summed E-state index contributed by atoms with van der Waals surface area (Å²) in [5.41, 5.74) is 2.40. The monoisotopic (exact) mass is 325 g/mol. The van der Waals surface area contributed by atoms with E-state index in [2.05, 4.69) is 15.7 Å². The summed E-state index contributed by atoms with van der Waals surface area (Å²) >= 11 is 0. The number of ether oxygens (including phenoxy) is 1.